The topological polar surface area (TPSA) is 66.0 Å². The molecule has 20 heavy (non-hydrogen) atoms. The molecule has 1 N–H and O–H groups in total. The van der Waals surface area contributed by atoms with Crippen molar-refractivity contribution in [1.29, 1.82) is 5.26 Å². The van der Waals surface area contributed by atoms with E-state index in [1.807, 2.05) is 31.2 Å². The Morgan fingerprint density at radius 1 is 1.25 bits per heavy atom. The minimum Gasteiger partial charge on any atom is -0.462 e. The Balaban J connectivity index is 2.21. The van der Waals surface area contributed by atoms with Crippen LogP contribution in [-0.4, -0.2) is 5.91 Å². The lowest BCUT2D eigenvalue weighted by Crippen LogP contribution is -2.14. The predicted molar refractivity (Wildman–Crippen MR) is 76.8 cm³/mol. The van der Waals surface area contributed by atoms with Crippen LogP contribution in [0.25, 0.3) is 6.08 Å². The molecule has 0 atom stereocenters. The van der Waals surface area contributed by atoms with Crippen molar-refractivity contribution in [2.45, 2.75) is 13.8 Å². The standard InChI is InChI=1S/C16H14N2O2/c1-11-5-3-4-6-15(11)18-16(19)13(10-17)9-14-8-7-12(2)20-14/h3-9H,1-2H3,(H,18,19)/b13-9+. The summed E-state index contributed by atoms with van der Waals surface area (Å²) < 4.78 is 5.33. The van der Waals surface area contributed by atoms with Crippen LogP contribution >= 0.6 is 0 Å². The number of hydrogen-bond acceptors (Lipinski definition) is 3. The maximum atomic E-state index is 12.1. The average Bonchev–Trinajstić information content (AvgIpc) is 2.84. The molecule has 1 aromatic heterocycles. The van der Waals surface area contributed by atoms with E-state index in [4.69, 9.17) is 9.68 Å². The number of hydrogen-bond donors (Lipinski definition) is 1. The van der Waals surface area contributed by atoms with Crippen molar-refractivity contribution in [2.75, 3.05) is 5.32 Å². The quantitative estimate of drug-likeness (QED) is 0.683. The fourth-order valence-electron chi connectivity index (χ4n) is 1.72. The van der Waals surface area contributed by atoms with Crippen molar-refractivity contribution in [3.63, 3.8) is 0 Å². The van der Waals surface area contributed by atoms with Crippen molar-refractivity contribution in [3.05, 3.63) is 59.1 Å². The number of carbonyl (C=O) groups excluding carboxylic acids is 1. The molecule has 0 bridgehead atoms. The van der Waals surface area contributed by atoms with E-state index in [-0.39, 0.29) is 5.57 Å². The van der Waals surface area contributed by atoms with Crippen LogP contribution in [0.1, 0.15) is 17.1 Å². The first-order valence-electron chi connectivity index (χ1n) is 6.15. The van der Waals surface area contributed by atoms with Crippen LogP contribution in [0.5, 0.6) is 0 Å². The summed E-state index contributed by atoms with van der Waals surface area (Å²) >= 11 is 0. The average molecular weight is 266 g/mol. The van der Waals surface area contributed by atoms with Gasteiger partial charge in [-0.15, -0.1) is 0 Å². The van der Waals surface area contributed by atoms with Gasteiger partial charge in [0.15, 0.2) is 0 Å². The third-order valence-electron chi connectivity index (χ3n) is 2.81. The van der Waals surface area contributed by atoms with E-state index < -0.39 is 5.91 Å². The highest BCUT2D eigenvalue weighted by Crippen LogP contribution is 2.16. The van der Waals surface area contributed by atoms with Gasteiger partial charge in [-0.2, -0.15) is 5.26 Å². The molecule has 4 heteroatoms. The van der Waals surface area contributed by atoms with E-state index in [2.05, 4.69) is 5.32 Å². The van der Waals surface area contributed by atoms with Crippen LogP contribution < -0.4 is 5.32 Å². The third-order valence-corrected chi connectivity index (χ3v) is 2.81. The Morgan fingerprint density at radius 3 is 2.60 bits per heavy atom. The summed E-state index contributed by atoms with van der Waals surface area (Å²) in [6.07, 6.45) is 1.43. The number of para-hydroxylation sites is 1. The van der Waals surface area contributed by atoms with E-state index in [0.717, 1.165) is 11.3 Å². The van der Waals surface area contributed by atoms with Gasteiger partial charge >= 0.3 is 0 Å². The first-order valence-corrected chi connectivity index (χ1v) is 6.15. The summed E-state index contributed by atoms with van der Waals surface area (Å²) in [4.78, 5) is 12.1. The van der Waals surface area contributed by atoms with E-state index in [9.17, 15) is 4.79 Å². The molecular weight excluding hydrogens is 252 g/mol. The first kappa shape index (κ1) is 13.6. The zero-order valence-electron chi connectivity index (χ0n) is 11.3. The molecule has 1 amide bonds. The van der Waals surface area contributed by atoms with Gasteiger partial charge in [-0.25, -0.2) is 0 Å². The molecule has 0 aliphatic heterocycles. The minimum atomic E-state index is -0.448. The third kappa shape index (κ3) is 3.15. The Morgan fingerprint density at radius 2 is 2.00 bits per heavy atom. The molecule has 1 aromatic carbocycles. The van der Waals surface area contributed by atoms with Crippen LogP contribution in [0.4, 0.5) is 5.69 Å². The molecule has 0 saturated carbocycles. The van der Waals surface area contributed by atoms with Gasteiger partial charge in [-0.05, 0) is 37.6 Å². The molecule has 2 aromatic rings. The van der Waals surface area contributed by atoms with Gasteiger partial charge in [0, 0.05) is 11.8 Å². The van der Waals surface area contributed by atoms with Gasteiger partial charge in [-0.3, -0.25) is 4.79 Å². The van der Waals surface area contributed by atoms with Crippen molar-refractivity contribution in [2.24, 2.45) is 0 Å². The van der Waals surface area contributed by atoms with Gasteiger partial charge in [0.05, 0.1) is 0 Å². The molecule has 0 spiro atoms. The van der Waals surface area contributed by atoms with Crippen LogP contribution in [0, 0.1) is 25.2 Å². The molecule has 0 radical (unpaired) electrons. The van der Waals surface area contributed by atoms with Crippen molar-refractivity contribution in [3.8, 4) is 6.07 Å². The summed E-state index contributed by atoms with van der Waals surface area (Å²) in [5.74, 6) is 0.766. The van der Waals surface area contributed by atoms with Crippen LogP contribution in [0.15, 0.2) is 46.4 Å². The summed E-state index contributed by atoms with van der Waals surface area (Å²) in [6, 6.07) is 12.8. The van der Waals surface area contributed by atoms with Gasteiger partial charge in [-0.1, -0.05) is 18.2 Å². The molecule has 2 rings (SSSR count). The van der Waals surface area contributed by atoms with Crippen LogP contribution in [-0.2, 0) is 4.79 Å². The zero-order chi connectivity index (χ0) is 14.5. The monoisotopic (exact) mass is 266 g/mol. The fraction of sp³-hybridized carbons (Fsp3) is 0.125. The Kier molecular flexibility index (Phi) is 4.02. The molecule has 0 saturated heterocycles. The van der Waals surface area contributed by atoms with Crippen molar-refractivity contribution in [1.82, 2.24) is 0 Å². The van der Waals surface area contributed by atoms with E-state index in [1.54, 1.807) is 25.1 Å². The summed E-state index contributed by atoms with van der Waals surface area (Å²) in [6.45, 7) is 3.69. The summed E-state index contributed by atoms with van der Waals surface area (Å²) in [7, 11) is 0. The molecule has 100 valence electrons. The van der Waals surface area contributed by atoms with E-state index in [0.29, 0.717) is 11.4 Å². The Hall–Kier alpha value is -2.80. The maximum absolute atomic E-state index is 12.1. The number of aryl methyl sites for hydroxylation is 2. The highest BCUT2D eigenvalue weighted by atomic mass is 16.3. The van der Waals surface area contributed by atoms with E-state index in [1.165, 1.54) is 6.08 Å². The number of nitriles is 1. The molecular formula is C16H14N2O2. The number of rotatable bonds is 3. The molecule has 0 aliphatic rings. The van der Waals surface area contributed by atoms with Gasteiger partial charge < -0.3 is 9.73 Å². The lowest BCUT2D eigenvalue weighted by Gasteiger charge is -2.06. The SMILES string of the molecule is Cc1ccc(/C=C(\C#N)C(=O)Nc2ccccc2C)o1. The summed E-state index contributed by atoms with van der Waals surface area (Å²) in [5.41, 5.74) is 1.63. The number of nitrogens with one attached hydrogen (secondary N) is 1. The lowest BCUT2D eigenvalue weighted by molar-refractivity contribution is -0.112. The Bertz CT molecular complexity index is 705. The number of furan rings is 1. The molecule has 1 heterocycles. The molecule has 0 fully saturated rings. The number of amides is 1. The largest absolute Gasteiger partial charge is 0.462 e. The van der Waals surface area contributed by atoms with Gasteiger partial charge in [0.1, 0.15) is 23.2 Å². The summed E-state index contributed by atoms with van der Waals surface area (Å²) in [5, 5.41) is 11.8. The fourth-order valence-corrected chi connectivity index (χ4v) is 1.72. The molecule has 0 aliphatic carbocycles. The maximum Gasteiger partial charge on any atom is 0.266 e. The van der Waals surface area contributed by atoms with Crippen LogP contribution in [0.3, 0.4) is 0 Å². The second-order valence-corrected chi connectivity index (χ2v) is 4.39. The smallest absolute Gasteiger partial charge is 0.266 e. The van der Waals surface area contributed by atoms with Crippen molar-refractivity contribution >= 4 is 17.7 Å². The van der Waals surface area contributed by atoms with E-state index >= 15 is 0 Å². The Labute approximate surface area is 117 Å². The molecule has 4 nitrogen and oxygen atoms in total. The van der Waals surface area contributed by atoms with Gasteiger partial charge in [0.25, 0.3) is 5.91 Å². The minimum absolute atomic E-state index is 0.00241. The second kappa shape index (κ2) is 5.89. The first-order chi connectivity index (χ1) is 9.60. The highest BCUT2D eigenvalue weighted by Gasteiger charge is 2.11. The molecule has 0 unspecified atom stereocenters. The number of carbonyl (C=O) groups is 1. The zero-order valence-corrected chi connectivity index (χ0v) is 11.3. The highest BCUT2D eigenvalue weighted by molar-refractivity contribution is 6.09. The normalized spacial score (nSPS) is 10.9. The van der Waals surface area contributed by atoms with Crippen molar-refractivity contribution < 1.29 is 9.21 Å². The second-order valence-electron chi connectivity index (χ2n) is 4.39. The lowest BCUT2D eigenvalue weighted by atomic mass is 10.2. The van der Waals surface area contributed by atoms with Gasteiger partial charge in [0.2, 0.25) is 0 Å². The number of nitrogens with zero attached hydrogens (tertiary/aromatic N) is 1. The van der Waals surface area contributed by atoms with Crippen LogP contribution in [0.2, 0.25) is 0 Å². The number of anilines is 1. The number of benzene rings is 1. The predicted octanol–water partition coefficient (Wildman–Crippen LogP) is 3.44.